The minimum atomic E-state index is -0.934. The summed E-state index contributed by atoms with van der Waals surface area (Å²) in [7, 11) is 0. The van der Waals surface area contributed by atoms with Gasteiger partial charge in [-0.25, -0.2) is 5.43 Å². The quantitative estimate of drug-likeness (QED) is 0.341. The van der Waals surface area contributed by atoms with Crippen LogP contribution in [-0.2, 0) is 9.59 Å². The number of ether oxygens (including phenoxy) is 1. The summed E-state index contributed by atoms with van der Waals surface area (Å²) in [4.78, 5) is 23.6. The lowest BCUT2D eigenvalue weighted by Gasteiger charge is -2.06. The van der Waals surface area contributed by atoms with E-state index in [1.807, 2.05) is 0 Å². The fraction of sp³-hybridized carbons (Fsp3) is 0.0556. The zero-order valence-corrected chi connectivity index (χ0v) is 15.1. The van der Waals surface area contributed by atoms with Crippen molar-refractivity contribution in [2.45, 2.75) is 0 Å². The van der Waals surface area contributed by atoms with Gasteiger partial charge in [-0.1, -0.05) is 41.9 Å². The smallest absolute Gasteiger partial charge is 0.329 e. The maximum absolute atomic E-state index is 11.9. The highest BCUT2D eigenvalue weighted by Crippen LogP contribution is 2.22. The van der Waals surface area contributed by atoms with Gasteiger partial charge in [-0.3, -0.25) is 9.59 Å². The number of carbonyl (C=O) groups excluding carboxylic acids is 2. The minimum absolute atomic E-state index is 0.374. The summed E-state index contributed by atoms with van der Waals surface area (Å²) in [5, 5.41) is 6.88. The van der Waals surface area contributed by atoms with Crippen LogP contribution in [0.2, 0.25) is 10.0 Å². The molecule has 0 fully saturated rings. The first-order valence-corrected chi connectivity index (χ1v) is 8.19. The molecule has 6 nitrogen and oxygen atoms in total. The van der Waals surface area contributed by atoms with Crippen LogP contribution >= 0.6 is 23.2 Å². The van der Waals surface area contributed by atoms with Gasteiger partial charge in [0.1, 0.15) is 12.4 Å². The molecule has 0 aliphatic carbocycles. The van der Waals surface area contributed by atoms with E-state index in [1.165, 1.54) is 6.21 Å². The summed E-state index contributed by atoms with van der Waals surface area (Å²) >= 11 is 12.0. The number of hydrazone groups is 1. The largest absolute Gasteiger partial charge is 0.490 e. The molecule has 0 aromatic heterocycles. The molecular weight excluding hydrogens is 377 g/mol. The molecule has 0 saturated carbocycles. The zero-order valence-electron chi connectivity index (χ0n) is 13.5. The monoisotopic (exact) mass is 391 g/mol. The number of nitrogens with one attached hydrogen (secondary N) is 2. The van der Waals surface area contributed by atoms with E-state index in [-0.39, 0.29) is 0 Å². The summed E-state index contributed by atoms with van der Waals surface area (Å²) in [6.45, 7) is 3.93. The van der Waals surface area contributed by atoms with E-state index >= 15 is 0 Å². The Bertz CT molecular complexity index is 816. The van der Waals surface area contributed by atoms with Crippen molar-refractivity contribution in [2.24, 2.45) is 5.10 Å². The Balaban J connectivity index is 1.90. The van der Waals surface area contributed by atoms with Crippen molar-refractivity contribution < 1.29 is 14.3 Å². The summed E-state index contributed by atoms with van der Waals surface area (Å²) in [5.41, 5.74) is 2.99. The lowest BCUT2D eigenvalue weighted by atomic mass is 10.2. The van der Waals surface area contributed by atoms with Crippen LogP contribution < -0.4 is 15.5 Å². The van der Waals surface area contributed by atoms with Crippen molar-refractivity contribution in [3.05, 3.63) is 70.7 Å². The summed E-state index contributed by atoms with van der Waals surface area (Å²) < 4.78 is 5.33. The number of carbonyl (C=O) groups is 2. The van der Waals surface area contributed by atoms with E-state index in [2.05, 4.69) is 22.4 Å². The van der Waals surface area contributed by atoms with Crippen LogP contribution in [-0.4, -0.2) is 24.6 Å². The molecule has 2 amide bonds. The molecule has 0 bridgehead atoms. The lowest BCUT2D eigenvalue weighted by molar-refractivity contribution is -0.136. The maximum atomic E-state index is 11.9. The van der Waals surface area contributed by atoms with E-state index in [0.29, 0.717) is 33.7 Å². The number of hydrogen-bond acceptors (Lipinski definition) is 4. The molecule has 8 heteroatoms. The van der Waals surface area contributed by atoms with Gasteiger partial charge in [-0.05, 0) is 36.4 Å². The number of rotatable bonds is 6. The number of anilines is 1. The zero-order chi connectivity index (χ0) is 18.9. The molecule has 0 aliphatic rings. The van der Waals surface area contributed by atoms with Crippen molar-refractivity contribution in [2.75, 3.05) is 11.9 Å². The number of benzene rings is 2. The standard InChI is InChI=1S/C18H15Cl2N3O3/c1-2-10-26-13-8-6-12(7-9-13)22-17(24)18(25)23-21-11-14-15(19)4-3-5-16(14)20/h2-9,11H,1,10H2,(H,22,24)(H,23,25)/b21-11-. The molecule has 0 aliphatic heterocycles. The van der Waals surface area contributed by atoms with Gasteiger partial charge in [0.2, 0.25) is 0 Å². The minimum Gasteiger partial charge on any atom is -0.490 e. The molecule has 2 aromatic carbocycles. The Kier molecular flexibility index (Phi) is 7.20. The number of nitrogens with zero attached hydrogens (tertiary/aromatic N) is 1. The Morgan fingerprint density at radius 3 is 2.35 bits per heavy atom. The Labute approximate surface area is 160 Å². The topological polar surface area (TPSA) is 79.8 Å². The van der Waals surface area contributed by atoms with Gasteiger partial charge in [0.05, 0.1) is 16.3 Å². The summed E-state index contributed by atoms with van der Waals surface area (Å²) in [5.74, 6) is -1.18. The van der Waals surface area contributed by atoms with Gasteiger partial charge in [0, 0.05) is 11.3 Å². The number of hydrogen-bond donors (Lipinski definition) is 2. The molecule has 0 heterocycles. The van der Waals surface area contributed by atoms with Crippen LogP contribution in [0, 0.1) is 0 Å². The fourth-order valence-corrected chi connectivity index (χ4v) is 2.31. The third-order valence-corrected chi connectivity index (χ3v) is 3.70. The molecule has 26 heavy (non-hydrogen) atoms. The first kappa shape index (κ1) is 19.5. The van der Waals surface area contributed by atoms with E-state index in [9.17, 15) is 9.59 Å². The highest BCUT2D eigenvalue weighted by Gasteiger charge is 2.13. The number of halogens is 2. The third-order valence-electron chi connectivity index (χ3n) is 3.05. The van der Waals surface area contributed by atoms with Crippen molar-refractivity contribution in [1.29, 1.82) is 0 Å². The predicted octanol–water partition coefficient (Wildman–Crippen LogP) is 3.65. The highest BCUT2D eigenvalue weighted by molar-refractivity contribution is 6.40. The molecule has 0 atom stereocenters. The van der Waals surface area contributed by atoms with Gasteiger partial charge in [0.25, 0.3) is 0 Å². The van der Waals surface area contributed by atoms with Crippen LogP contribution in [0.4, 0.5) is 5.69 Å². The first-order chi connectivity index (χ1) is 12.5. The fourth-order valence-electron chi connectivity index (χ4n) is 1.82. The van der Waals surface area contributed by atoms with Gasteiger partial charge in [-0.15, -0.1) is 0 Å². The van der Waals surface area contributed by atoms with Crippen molar-refractivity contribution in [3.63, 3.8) is 0 Å². The van der Waals surface area contributed by atoms with Crippen molar-refractivity contribution in [3.8, 4) is 5.75 Å². The van der Waals surface area contributed by atoms with Crippen LogP contribution in [0.15, 0.2) is 60.2 Å². The molecule has 0 spiro atoms. The third kappa shape index (κ3) is 5.61. The molecule has 2 rings (SSSR count). The molecule has 0 saturated heterocycles. The van der Waals surface area contributed by atoms with Crippen molar-refractivity contribution >= 4 is 46.9 Å². The van der Waals surface area contributed by atoms with E-state index in [1.54, 1.807) is 48.5 Å². The van der Waals surface area contributed by atoms with Crippen LogP contribution in [0.3, 0.4) is 0 Å². The normalized spacial score (nSPS) is 10.4. The van der Waals surface area contributed by atoms with Crippen molar-refractivity contribution in [1.82, 2.24) is 5.43 Å². The van der Waals surface area contributed by atoms with E-state index < -0.39 is 11.8 Å². The molecule has 0 radical (unpaired) electrons. The average Bonchev–Trinajstić information content (AvgIpc) is 2.63. The molecule has 134 valence electrons. The van der Waals surface area contributed by atoms with Gasteiger partial charge >= 0.3 is 11.8 Å². The summed E-state index contributed by atoms with van der Waals surface area (Å²) in [6, 6.07) is 11.5. The molecule has 2 aromatic rings. The number of amides is 2. The Morgan fingerprint density at radius 1 is 1.08 bits per heavy atom. The van der Waals surface area contributed by atoms with E-state index in [0.717, 1.165) is 0 Å². The Morgan fingerprint density at radius 2 is 1.73 bits per heavy atom. The second-order valence-electron chi connectivity index (χ2n) is 4.91. The van der Waals surface area contributed by atoms with Gasteiger partial charge < -0.3 is 10.1 Å². The second-order valence-corrected chi connectivity index (χ2v) is 5.73. The van der Waals surface area contributed by atoms with Crippen LogP contribution in [0.1, 0.15) is 5.56 Å². The van der Waals surface area contributed by atoms with Gasteiger partial charge in [-0.2, -0.15) is 5.10 Å². The highest BCUT2D eigenvalue weighted by atomic mass is 35.5. The van der Waals surface area contributed by atoms with Crippen LogP contribution in [0.5, 0.6) is 5.75 Å². The lowest BCUT2D eigenvalue weighted by Crippen LogP contribution is -2.32. The second kappa shape index (κ2) is 9.60. The summed E-state index contributed by atoms with van der Waals surface area (Å²) in [6.07, 6.45) is 2.89. The first-order valence-electron chi connectivity index (χ1n) is 7.43. The molecule has 0 unspecified atom stereocenters. The average molecular weight is 392 g/mol. The maximum Gasteiger partial charge on any atom is 0.329 e. The molecular formula is C18H15Cl2N3O3. The van der Waals surface area contributed by atoms with E-state index in [4.69, 9.17) is 27.9 Å². The van der Waals surface area contributed by atoms with Gasteiger partial charge in [0.15, 0.2) is 0 Å². The Hall–Kier alpha value is -2.83. The molecule has 2 N–H and O–H groups in total. The predicted molar refractivity (Wildman–Crippen MR) is 103 cm³/mol. The van der Waals surface area contributed by atoms with Crippen LogP contribution in [0.25, 0.3) is 0 Å². The SMILES string of the molecule is C=CCOc1ccc(NC(=O)C(=O)N/N=C\c2c(Cl)cccc2Cl)cc1.